The molecule has 0 aliphatic carbocycles. The normalized spacial score (nSPS) is 12.1. The summed E-state index contributed by atoms with van der Waals surface area (Å²) in [5.74, 6) is -0.886. The lowest BCUT2D eigenvalue weighted by molar-refractivity contribution is -0.137. The highest BCUT2D eigenvalue weighted by atomic mass is 79.9. The predicted octanol–water partition coefficient (Wildman–Crippen LogP) is 3.38. The van der Waals surface area contributed by atoms with Gasteiger partial charge in [-0.3, -0.25) is 4.79 Å². The van der Waals surface area contributed by atoms with Crippen molar-refractivity contribution < 1.29 is 14.7 Å². The first-order valence-electron chi connectivity index (χ1n) is 6.35. The number of urea groups is 1. The van der Waals surface area contributed by atoms with Crippen molar-refractivity contribution in [1.29, 1.82) is 0 Å². The molecule has 5 nitrogen and oxygen atoms in total. The van der Waals surface area contributed by atoms with Crippen LogP contribution in [0.4, 0.5) is 10.5 Å². The first-order valence-corrected chi connectivity index (χ1v) is 7.14. The van der Waals surface area contributed by atoms with Crippen molar-refractivity contribution in [2.75, 3.05) is 5.32 Å². The van der Waals surface area contributed by atoms with Crippen molar-refractivity contribution in [3.63, 3.8) is 0 Å². The molecule has 0 saturated heterocycles. The number of carboxylic acids is 1. The van der Waals surface area contributed by atoms with Crippen molar-refractivity contribution in [2.24, 2.45) is 5.92 Å². The third-order valence-corrected chi connectivity index (χ3v) is 3.46. The van der Waals surface area contributed by atoms with Gasteiger partial charge in [-0.1, -0.05) is 35.8 Å². The number of halogens is 1. The Kier molecular flexibility index (Phi) is 6.01. The van der Waals surface area contributed by atoms with E-state index in [4.69, 9.17) is 5.11 Å². The van der Waals surface area contributed by atoms with E-state index in [-0.39, 0.29) is 12.3 Å². The summed E-state index contributed by atoms with van der Waals surface area (Å²) in [5, 5.41) is 14.3. The highest BCUT2D eigenvalue weighted by Crippen LogP contribution is 2.20. The van der Waals surface area contributed by atoms with E-state index in [1.165, 1.54) is 0 Å². The number of aryl methyl sites for hydroxylation is 1. The molecule has 0 spiro atoms. The fraction of sp³-hybridized carbons (Fsp3) is 0.429. The summed E-state index contributed by atoms with van der Waals surface area (Å²) < 4.78 is 0.865. The third kappa shape index (κ3) is 5.21. The van der Waals surface area contributed by atoms with Gasteiger partial charge in [0.15, 0.2) is 0 Å². The Morgan fingerprint density at radius 3 is 2.55 bits per heavy atom. The average Bonchev–Trinajstić information content (AvgIpc) is 2.32. The highest BCUT2D eigenvalue weighted by molar-refractivity contribution is 9.10. The van der Waals surface area contributed by atoms with Crippen LogP contribution >= 0.6 is 15.9 Å². The maximum absolute atomic E-state index is 11.9. The minimum atomic E-state index is -0.928. The Hall–Kier alpha value is -1.56. The predicted molar refractivity (Wildman–Crippen MR) is 81.9 cm³/mol. The van der Waals surface area contributed by atoms with E-state index in [1.807, 2.05) is 32.9 Å². The van der Waals surface area contributed by atoms with Gasteiger partial charge >= 0.3 is 12.0 Å². The van der Waals surface area contributed by atoms with Crippen LogP contribution in [-0.4, -0.2) is 23.1 Å². The van der Waals surface area contributed by atoms with Crippen LogP contribution < -0.4 is 10.6 Å². The number of carbonyl (C=O) groups excluding carboxylic acids is 1. The zero-order valence-corrected chi connectivity index (χ0v) is 13.3. The van der Waals surface area contributed by atoms with Crippen LogP contribution in [0.25, 0.3) is 0 Å². The summed E-state index contributed by atoms with van der Waals surface area (Å²) in [6, 6.07) is 4.78. The number of rotatable bonds is 5. The molecule has 0 heterocycles. The molecule has 20 heavy (non-hydrogen) atoms. The van der Waals surface area contributed by atoms with Gasteiger partial charge in [0.05, 0.1) is 6.42 Å². The first kappa shape index (κ1) is 16.5. The van der Waals surface area contributed by atoms with E-state index < -0.39 is 18.0 Å². The molecule has 0 fully saturated rings. The van der Waals surface area contributed by atoms with Crippen LogP contribution in [0.15, 0.2) is 22.7 Å². The second-order valence-electron chi connectivity index (χ2n) is 5.01. The smallest absolute Gasteiger partial charge is 0.319 e. The number of nitrogens with one attached hydrogen (secondary N) is 2. The molecule has 1 aromatic rings. The quantitative estimate of drug-likeness (QED) is 0.767. The highest BCUT2D eigenvalue weighted by Gasteiger charge is 2.19. The topological polar surface area (TPSA) is 78.4 Å². The van der Waals surface area contributed by atoms with Gasteiger partial charge in [0.2, 0.25) is 0 Å². The molecule has 3 N–H and O–H groups in total. The van der Waals surface area contributed by atoms with Crippen LogP contribution in [0.1, 0.15) is 25.8 Å². The molecule has 0 bridgehead atoms. The van der Waals surface area contributed by atoms with Crippen molar-refractivity contribution in [2.45, 2.75) is 33.2 Å². The molecule has 1 rings (SSSR count). The number of aliphatic carboxylic acids is 1. The molecule has 110 valence electrons. The molecule has 0 saturated carbocycles. The Labute approximate surface area is 126 Å². The molecule has 0 aliphatic heterocycles. The Balaban J connectivity index is 2.70. The van der Waals surface area contributed by atoms with Crippen molar-refractivity contribution >= 4 is 33.6 Å². The Morgan fingerprint density at radius 2 is 2.00 bits per heavy atom. The SMILES string of the molecule is Cc1ccc(Br)cc1NC(=O)NC(CC(=O)O)C(C)C. The van der Waals surface area contributed by atoms with E-state index in [1.54, 1.807) is 6.07 Å². The molecule has 0 radical (unpaired) electrons. The van der Waals surface area contributed by atoms with Gasteiger partial charge in [0, 0.05) is 16.2 Å². The summed E-state index contributed by atoms with van der Waals surface area (Å²) in [6.45, 7) is 5.63. The molecule has 0 aliphatic rings. The van der Waals surface area contributed by atoms with Gasteiger partial charge in [0.25, 0.3) is 0 Å². The number of benzene rings is 1. The molecule has 6 heteroatoms. The number of anilines is 1. The molecule has 1 atom stereocenters. The Bertz CT molecular complexity index is 503. The summed E-state index contributed by atoms with van der Waals surface area (Å²) in [5.41, 5.74) is 1.62. The number of hydrogen-bond acceptors (Lipinski definition) is 2. The number of hydrogen-bond donors (Lipinski definition) is 3. The minimum absolute atomic E-state index is 0.0421. The number of carboxylic acid groups (broad SMARTS) is 1. The third-order valence-electron chi connectivity index (χ3n) is 2.96. The van der Waals surface area contributed by atoms with Crippen molar-refractivity contribution in [3.8, 4) is 0 Å². The van der Waals surface area contributed by atoms with E-state index in [0.717, 1.165) is 10.0 Å². The molecule has 2 amide bonds. The largest absolute Gasteiger partial charge is 0.481 e. The fourth-order valence-electron chi connectivity index (χ4n) is 1.70. The zero-order chi connectivity index (χ0) is 15.3. The first-order chi connectivity index (χ1) is 9.29. The summed E-state index contributed by atoms with van der Waals surface area (Å²) in [7, 11) is 0. The minimum Gasteiger partial charge on any atom is -0.481 e. The van der Waals surface area contributed by atoms with E-state index >= 15 is 0 Å². The van der Waals surface area contributed by atoms with Crippen LogP contribution in [0, 0.1) is 12.8 Å². The van der Waals surface area contributed by atoms with Crippen LogP contribution in [-0.2, 0) is 4.79 Å². The van der Waals surface area contributed by atoms with Crippen LogP contribution in [0.2, 0.25) is 0 Å². The van der Waals surface area contributed by atoms with Crippen LogP contribution in [0.3, 0.4) is 0 Å². The van der Waals surface area contributed by atoms with Gasteiger partial charge < -0.3 is 15.7 Å². The molecule has 1 unspecified atom stereocenters. The van der Waals surface area contributed by atoms with Gasteiger partial charge in [-0.05, 0) is 30.5 Å². The Morgan fingerprint density at radius 1 is 1.35 bits per heavy atom. The van der Waals surface area contributed by atoms with Gasteiger partial charge in [-0.2, -0.15) is 0 Å². The monoisotopic (exact) mass is 342 g/mol. The van der Waals surface area contributed by atoms with Gasteiger partial charge in [-0.25, -0.2) is 4.79 Å². The van der Waals surface area contributed by atoms with Gasteiger partial charge in [-0.15, -0.1) is 0 Å². The second kappa shape index (κ2) is 7.28. The number of carbonyl (C=O) groups is 2. The lowest BCUT2D eigenvalue weighted by Gasteiger charge is -2.21. The number of amides is 2. The van der Waals surface area contributed by atoms with E-state index in [9.17, 15) is 9.59 Å². The van der Waals surface area contributed by atoms with Crippen LogP contribution in [0.5, 0.6) is 0 Å². The maximum atomic E-state index is 11.9. The lowest BCUT2D eigenvalue weighted by atomic mass is 10.0. The summed E-state index contributed by atoms with van der Waals surface area (Å²) in [4.78, 5) is 22.7. The molecular weight excluding hydrogens is 324 g/mol. The summed E-state index contributed by atoms with van der Waals surface area (Å²) in [6.07, 6.45) is -0.0947. The summed E-state index contributed by atoms with van der Waals surface area (Å²) >= 11 is 3.34. The average molecular weight is 343 g/mol. The molecular formula is C14H19BrN2O3. The van der Waals surface area contributed by atoms with Crippen molar-refractivity contribution in [3.05, 3.63) is 28.2 Å². The maximum Gasteiger partial charge on any atom is 0.319 e. The zero-order valence-electron chi connectivity index (χ0n) is 11.7. The second-order valence-corrected chi connectivity index (χ2v) is 5.92. The molecule has 0 aromatic heterocycles. The standard InChI is InChI=1S/C14H19BrN2O3/c1-8(2)11(7-13(18)19)16-14(20)17-12-6-10(15)5-4-9(12)3/h4-6,8,11H,7H2,1-3H3,(H,18,19)(H2,16,17,20). The van der Waals surface area contributed by atoms with E-state index in [0.29, 0.717) is 5.69 Å². The van der Waals surface area contributed by atoms with Gasteiger partial charge in [0.1, 0.15) is 0 Å². The lowest BCUT2D eigenvalue weighted by Crippen LogP contribution is -2.42. The molecule has 1 aromatic carbocycles. The van der Waals surface area contributed by atoms with Crippen molar-refractivity contribution in [1.82, 2.24) is 5.32 Å². The van der Waals surface area contributed by atoms with E-state index in [2.05, 4.69) is 26.6 Å². The fourth-order valence-corrected chi connectivity index (χ4v) is 2.06.